The van der Waals surface area contributed by atoms with Gasteiger partial charge in [0.15, 0.2) is 5.78 Å². The highest BCUT2D eigenvalue weighted by Crippen LogP contribution is 2.18. The Bertz CT molecular complexity index is 980. The molecule has 142 valence electrons. The molecule has 0 radical (unpaired) electrons. The largest absolute Gasteiger partial charge is 0.334 e. The zero-order valence-electron chi connectivity index (χ0n) is 15.3. The lowest BCUT2D eigenvalue weighted by atomic mass is 10.1. The number of nitrogens with zero attached hydrogens (tertiary/aromatic N) is 4. The zero-order chi connectivity index (χ0) is 19.8. The Morgan fingerprint density at radius 3 is 2.68 bits per heavy atom. The predicted octanol–water partition coefficient (Wildman–Crippen LogP) is 3.39. The lowest BCUT2D eigenvalue weighted by molar-refractivity contribution is 0.102. The fourth-order valence-corrected chi connectivity index (χ4v) is 3.01. The molecule has 1 heterocycles. The van der Waals surface area contributed by atoms with E-state index in [4.69, 9.17) is 5.84 Å². The minimum atomic E-state index is 0.00609. The molecule has 3 rings (SSSR count). The molecular formula is C20H20N6OS. The van der Waals surface area contributed by atoms with E-state index in [0.29, 0.717) is 10.7 Å². The molecule has 7 nitrogen and oxygen atoms in total. The Balaban J connectivity index is 1.52. The first-order chi connectivity index (χ1) is 13.6. The van der Waals surface area contributed by atoms with E-state index in [1.54, 1.807) is 12.3 Å². The van der Waals surface area contributed by atoms with Crippen LogP contribution in [0.3, 0.4) is 0 Å². The number of aryl methyl sites for hydroxylation is 1. The maximum absolute atomic E-state index is 12.2. The maximum atomic E-state index is 12.2. The number of nitrogens with one attached hydrogen (secondary N) is 1. The molecule has 0 aliphatic rings. The van der Waals surface area contributed by atoms with E-state index in [9.17, 15) is 4.79 Å². The number of allylic oxidation sites excluding steroid dienone is 1. The second-order valence-electron chi connectivity index (χ2n) is 5.91. The molecule has 0 spiro atoms. The van der Waals surface area contributed by atoms with Crippen molar-refractivity contribution in [2.45, 2.75) is 12.1 Å². The van der Waals surface area contributed by atoms with Crippen molar-refractivity contribution in [2.24, 2.45) is 5.10 Å². The lowest BCUT2D eigenvalue weighted by Gasteiger charge is -2.03. The summed E-state index contributed by atoms with van der Waals surface area (Å²) in [5, 5.41) is 12.4. The van der Waals surface area contributed by atoms with Crippen molar-refractivity contribution in [3.63, 3.8) is 0 Å². The van der Waals surface area contributed by atoms with Gasteiger partial charge in [0, 0.05) is 11.8 Å². The number of benzene rings is 2. The molecule has 3 N–H and O–H groups in total. The topological polar surface area (TPSA) is 98.2 Å². The molecule has 0 atom stereocenters. The minimum absolute atomic E-state index is 0.00609. The number of carbonyl (C=O) groups excluding carboxylic acids is 1. The first-order valence-corrected chi connectivity index (χ1v) is 9.56. The van der Waals surface area contributed by atoms with Crippen LogP contribution in [0, 0.1) is 6.92 Å². The van der Waals surface area contributed by atoms with Crippen molar-refractivity contribution in [1.82, 2.24) is 14.9 Å². The normalized spacial score (nSPS) is 11.3. The van der Waals surface area contributed by atoms with Gasteiger partial charge in [-0.25, -0.2) is 10.1 Å². The maximum Gasteiger partial charge on any atom is 0.264 e. The van der Waals surface area contributed by atoms with Gasteiger partial charge in [0.1, 0.15) is 0 Å². The first kappa shape index (κ1) is 19.4. The molecule has 8 heteroatoms. The van der Waals surface area contributed by atoms with Crippen LogP contribution in [0.1, 0.15) is 21.5 Å². The number of anilines is 1. The summed E-state index contributed by atoms with van der Waals surface area (Å²) in [6, 6.07) is 17.3. The van der Waals surface area contributed by atoms with Crippen molar-refractivity contribution in [1.29, 1.82) is 0 Å². The molecule has 0 aliphatic heterocycles. The van der Waals surface area contributed by atoms with E-state index in [1.807, 2.05) is 67.6 Å². The standard InChI is InChI=1S/C20H20N6OS/c1-15-9-11-17(12-10-15)18(27)14-28-20-25-24-19(26(20)21)23-22-13-5-8-16-6-3-2-4-7-16/h2-13H,14,21H2,1H3,(H,23,24)/b8-5+,22-13+. The molecule has 0 fully saturated rings. The van der Waals surface area contributed by atoms with Crippen LogP contribution < -0.4 is 11.3 Å². The monoisotopic (exact) mass is 392 g/mol. The van der Waals surface area contributed by atoms with E-state index < -0.39 is 0 Å². The number of Topliss-reactive ketones (excluding diaryl/α,β-unsaturated/α-hetero) is 1. The molecule has 0 saturated heterocycles. The number of nitrogen functional groups attached to an aromatic ring is 1. The molecule has 0 saturated carbocycles. The fourth-order valence-electron chi connectivity index (χ4n) is 2.26. The number of nitrogens with two attached hydrogens (primary N) is 1. The van der Waals surface area contributed by atoms with Crippen molar-refractivity contribution in [2.75, 3.05) is 17.0 Å². The van der Waals surface area contributed by atoms with Crippen LogP contribution >= 0.6 is 11.8 Å². The minimum Gasteiger partial charge on any atom is -0.334 e. The van der Waals surface area contributed by atoms with Gasteiger partial charge in [-0.15, -0.1) is 10.2 Å². The van der Waals surface area contributed by atoms with Crippen molar-refractivity contribution < 1.29 is 4.79 Å². The Hall–Kier alpha value is -3.39. The van der Waals surface area contributed by atoms with Gasteiger partial charge in [-0.05, 0) is 18.6 Å². The lowest BCUT2D eigenvalue weighted by Crippen LogP contribution is -2.14. The van der Waals surface area contributed by atoms with Gasteiger partial charge in [-0.3, -0.25) is 4.79 Å². The van der Waals surface area contributed by atoms with Crippen LogP contribution in [0.4, 0.5) is 5.95 Å². The third-order valence-corrected chi connectivity index (χ3v) is 4.73. The SMILES string of the molecule is Cc1ccc(C(=O)CSc2nnc(N/N=C/C=C/c3ccccc3)n2N)cc1. The van der Waals surface area contributed by atoms with Gasteiger partial charge < -0.3 is 5.84 Å². The van der Waals surface area contributed by atoms with Crippen molar-refractivity contribution >= 4 is 35.8 Å². The van der Waals surface area contributed by atoms with E-state index >= 15 is 0 Å². The highest BCUT2D eigenvalue weighted by Gasteiger charge is 2.12. The van der Waals surface area contributed by atoms with E-state index in [1.165, 1.54) is 16.4 Å². The second kappa shape index (κ2) is 9.52. The van der Waals surface area contributed by atoms with Gasteiger partial charge in [0.05, 0.1) is 5.75 Å². The molecule has 1 aromatic heterocycles. The summed E-state index contributed by atoms with van der Waals surface area (Å²) in [6.45, 7) is 1.98. The number of rotatable bonds is 8. The number of hydrazone groups is 1. The van der Waals surface area contributed by atoms with Crippen LogP contribution in [-0.4, -0.2) is 32.6 Å². The van der Waals surface area contributed by atoms with Crippen LogP contribution in [-0.2, 0) is 0 Å². The molecule has 28 heavy (non-hydrogen) atoms. The highest BCUT2D eigenvalue weighted by atomic mass is 32.2. The first-order valence-electron chi connectivity index (χ1n) is 8.57. The van der Waals surface area contributed by atoms with E-state index in [2.05, 4.69) is 20.7 Å². The van der Waals surface area contributed by atoms with Crippen molar-refractivity contribution in [3.05, 3.63) is 77.4 Å². The zero-order valence-corrected chi connectivity index (χ0v) is 16.1. The van der Waals surface area contributed by atoms with Crippen molar-refractivity contribution in [3.8, 4) is 0 Å². The molecule has 2 aromatic carbocycles. The number of ketones is 1. The van der Waals surface area contributed by atoms with Gasteiger partial charge in [0.25, 0.3) is 5.95 Å². The summed E-state index contributed by atoms with van der Waals surface area (Å²) in [6.07, 6.45) is 5.32. The third kappa shape index (κ3) is 5.31. The quantitative estimate of drug-likeness (QED) is 0.200. The average molecular weight is 392 g/mol. The molecule has 0 aliphatic carbocycles. The number of aromatic nitrogens is 3. The summed E-state index contributed by atoms with van der Waals surface area (Å²) in [7, 11) is 0. The summed E-state index contributed by atoms with van der Waals surface area (Å²) < 4.78 is 1.27. The number of thioether (sulfide) groups is 1. The Labute approximate surface area is 167 Å². The predicted molar refractivity (Wildman–Crippen MR) is 114 cm³/mol. The molecular weight excluding hydrogens is 372 g/mol. The van der Waals surface area contributed by atoms with Gasteiger partial charge in [-0.2, -0.15) is 5.10 Å². The Morgan fingerprint density at radius 1 is 1.18 bits per heavy atom. The molecule has 0 bridgehead atoms. The number of hydrogen-bond acceptors (Lipinski definition) is 7. The smallest absolute Gasteiger partial charge is 0.264 e. The Morgan fingerprint density at radius 2 is 1.93 bits per heavy atom. The van der Waals surface area contributed by atoms with E-state index in [0.717, 1.165) is 11.1 Å². The Kier molecular flexibility index (Phi) is 6.59. The van der Waals surface area contributed by atoms with Gasteiger partial charge in [0.2, 0.25) is 5.16 Å². The average Bonchev–Trinajstić information content (AvgIpc) is 3.07. The van der Waals surface area contributed by atoms with Crippen LogP contribution in [0.15, 0.2) is 70.9 Å². The van der Waals surface area contributed by atoms with Crippen LogP contribution in [0.25, 0.3) is 6.08 Å². The summed E-state index contributed by atoms with van der Waals surface area (Å²) in [4.78, 5) is 12.2. The van der Waals surface area contributed by atoms with E-state index in [-0.39, 0.29) is 17.5 Å². The molecule has 0 amide bonds. The third-order valence-electron chi connectivity index (χ3n) is 3.78. The number of carbonyl (C=O) groups is 1. The highest BCUT2D eigenvalue weighted by molar-refractivity contribution is 7.99. The number of hydrogen-bond donors (Lipinski definition) is 2. The van der Waals surface area contributed by atoms with Crippen LogP contribution in [0.2, 0.25) is 0 Å². The van der Waals surface area contributed by atoms with Crippen LogP contribution in [0.5, 0.6) is 0 Å². The summed E-state index contributed by atoms with van der Waals surface area (Å²) >= 11 is 1.22. The molecule has 3 aromatic rings. The second-order valence-corrected chi connectivity index (χ2v) is 6.86. The summed E-state index contributed by atoms with van der Waals surface area (Å²) in [5.74, 6) is 6.48. The van der Waals surface area contributed by atoms with Gasteiger partial charge >= 0.3 is 0 Å². The fraction of sp³-hybridized carbons (Fsp3) is 0.100. The molecule has 0 unspecified atom stereocenters. The van der Waals surface area contributed by atoms with Gasteiger partial charge in [-0.1, -0.05) is 78.0 Å². The summed E-state index contributed by atoms with van der Waals surface area (Å²) in [5.41, 5.74) is 5.58.